The minimum Gasteiger partial charge on any atom is -0.508 e. The first-order valence-electron chi connectivity index (χ1n) is 10.9. The highest BCUT2D eigenvalue weighted by molar-refractivity contribution is 5.79. The molecule has 0 aliphatic carbocycles. The van der Waals surface area contributed by atoms with Crippen molar-refractivity contribution in [1.82, 2.24) is 9.55 Å². The van der Waals surface area contributed by atoms with Crippen LogP contribution in [0.2, 0.25) is 0 Å². The lowest BCUT2D eigenvalue weighted by atomic mass is 10.0. The second-order valence-corrected chi connectivity index (χ2v) is 7.55. The lowest BCUT2D eigenvalue weighted by molar-refractivity contribution is -0.143. The Bertz CT molecular complexity index is 962. The van der Waals surface area contributed by atoms with Gasteiger partial charge < -0.3 is 19.5 Å². The van der Waals surface area contributed by atoms with Gasteiger partial charge in [0.1, 0.15) is 11.5 Å². The summed E-state index contributed by atoms with van der Waals surface area (Å²) in [5, 5.41) is 19.3. The monoisotopic (exact) mass is 422 g/mol. The van der Waals surface area contributed by atoms with E-state index in [4.69, 9.17) is 4.74 Å². The van der Waals surface area contributed by atoms with Gasteiger partial charge in [-0.3, -0.25) is 4.79 Å². The van der Waals surface area contributed by atoms with Crippen LogP contribution in [0.1, 0.15) is 45.4 Å². The Balaban J connectivity index is 1.64. The zero-order valence-corrected chi connectivity index (χ0v) is 18.0. The molecular formula is C25H30N2O4. The van der Waals surface area contributed by atoms with Crippen LogP contribution in [0.25, 0.3) is 22.5 Å². The van der Waals surface area contributed by atoms with Crippen LogP contribution < -0.4 is 0 Å². The van der Waals surface area contributed by atoms with Crippen LogP contribution >= 0.6 is 0 Å². The maximum atomic E-state index is 11.4. The number of rotatable bonds is 11. The topological polar surface area (TPSA) is 84.6 Å². The molecule has 0 fully saturated rings. The van der Waals surface area contributed by atoms with Crippen LogP contribution in [0.3, 0.4) is 0 Å². The summed E-state index contributed by atoms with van der Waals surface area (Å²) in [6, 6.07) is 14.2. The number of aromatic nitrogens is 2. The molecule has 0 amide bonds. The summed E-state index contributed by atoms with van der Waals surface area (Å²) in [4.78, 5) is 16.0. The number of hydrogen-bond acceptors (Lipinski definition) is 5. The van der Waals surface area contributed by atoms with Crippen molar-refractivity contribution >= 4 is 5.97 Å². The number of benzene rings is 2. The molecule has 0 aliphatic rings. The molecule has 31 heavy (non-hydrogen) atoms. The lowest BCUT2D eigenvalue weighted by Gasteiger charge is -2.11. The number of carbonyl (C=O) groups is 1. The van der Waals surface area contributed by atoms with E-state index in [0.29, 0.717) is 13.0 Å². The Morgan fingerprint density at radius 1 is 0.871 bits per heavy atom. The smallest absolute Gasteiger partial charge is 0.305 e. The van der Waals surface area contributed by atoms with Gasteiger partial charge in [-0.2, -0.15) is 0 Å². The summed E-state index contributed by atoms with van der Waals surface area (Å²) in [6.07, 6.45) is 7.40. The standard InChI is InChI=1S/C25H30N2O4/c1-2-31-23(30)8-6-4-3-5-7-17-27-18-26-24(19-9-13-21(28)14-10-19)25(27)20-11-15-22(29)16-12-20/h9-16,18,28-29H,2-8,17H2,1H3. The van der Waals surface area contributed by atoms with Crippen LogP contribution in [0.5, 0.6) is 11.5 Å². The van der Waals surface area contributed by atoms with Crippen LogP contribution in [-0.4, -0.2) is 32.3 Å². The molecule has 1 heterocycles. The fraction of sp³-hybridized carbons (Fsp3) is 0.360. The van der Waals surface area contributed by atoms with Crippen molar-refractivity contribution in [3.05, 3.63) is 54.9 Å². The van der Waals surface area contributed by atoms with E-state index in [9.17, 15) is 15.0 Å². The molecule has 0 spiro atoms. The summed E-state index contributed by atoms with van der Waals surface area (Å²) in [5.41, 5.74) is 3.75. The molecule has 2 aromatic carbocycles. The summed E-state index contributed by atoms with van der Waals surface area (Å²) in [7, 11) is 0. The Kier molecular flexibility index (Phi) is 8.10. The normalized spacial score (nSPS) is 10.9. The third-order valence-electron chi connectivity index (χ3n) is 5.20. The van der Waals surface area contributed by atoms with E-state index < -0.39 is 0 Å². The zero-order valence-electron chi connectivity index (χ0n) is 18.0. The predicted molar refractivity (Wildman–Crippen MR) is 121 cm³/mol. The molecule has 0 bridgehead atoms. The highest BCUT2D eigenvalue weighted by Crippen LogP contribution is 2.33. The van der Waals surface area contributed by atoms with E-state index in [1.54, 1.807) is 24.3 Å². The number of aromatic hydroxyl groups is 2. The summed E-state index contributed by atoms with van der Waals surface area (Å²) >= 11 is 0. The fourth-order valence-corrected chi connectivity index (χ4v) is 3.62. The minimum atomic E-state index is -0.110. The van der Waals surface area contributed by atoms with Crippen LogP contribution in [0.15, 0.2) is 54.9 Å². The number of esters is 1. The van der Waals surface area contributed by atoms with Crippen LogP contribution in [0.4, 0.5) is 0 Å². The van der Waals surface area contributed by atoms with E-state index in [2.05, 4.69) is 9.55 Å². The number of imidazole rings is 1. The second-order valence-electron chi connectivity index (χ2n) is 7.55. The van der Waals surface area contributed by atoms with Gasteiger partial charge in [0.25, 0.3) is 0 Å². The number of unbranched alkanes of at least 4 members (excludes halogenated alkanes) is 4. The number of phenolic OH excluding ortho intramolecular Hbond substituents is 2. The van der Waals surface area contributed by atoms with E-state index >= 15 is 0 Å². The average molecular weight is 423 g/mol. The van der Waals surface area contributed by atoms with Crippen molar-refractivity contribution in [3.8, 4) is 34.0 Å². The van der Waals surface area contributed by atoms with Crippen LogP contribution in [-0.2, 0) is 16.1 Å². The summed E-state index contributed by atoms with van der Waals surface area (Å²) < 4.78 is 7.10. The van der Waals surface area contributed by atoms with Crippen LogP contribution in [0, 0.1) is 0 Å². The van der Waals surface area contributed by atoms with Gasteiger partial charge in [-0.05, 0) is 68.3 Å². The zero-order chi connectivity index (χ0) is 22.1. The number of aryl methyl sites for hydroxylation is 1. The number of phenols is 2. The first kappa shape index (κ1) is 22.4. The van der Waals surface area contributed by atoms with E-state index in [-0.39, 0.29) is 17.5 Å². The predicted octanol–water partition coefficient (Wildman–Crippen LogP) is 5.53. The molecule has 0 aliphatic heterocycles. The second kappa shape index (κ2) is 11.2. The quantitative estimate of drug-likeness (QED) is 0.313. The number of carbonyl (C=O) groups excluding carboxylic acids is 1. The van der Waals surface area contributed by atoms with Crippen molar-refractivity contribution < 1.29 is 19.7 Å². The fourth-order valence-electron chi connectivity index (χ4n) is 3.62. The summed E-state index contributed by atoms with van der Waals surface area (Å²) in [6.45, 7) is 3.10. The van der Waals surface area contributed by atoms with Gasteiger partial charge in [0.2, 0.25) is 0 Å². The van der Waals surface area contributed by atoms with Gasteiger partial charge in [-0.25, -0.2) is 4.98 Å². The van der Waals surface area contributed by atoms with E-state index in [1.165, 1.54) is 0 Å². The molecule has 6 nitrogen and oxygen atoms in total. The molecule has 0 radical (unpaired) electrons. The molecule has 0 atom stereocenters. The van der Waals surface area contributed by atoms with Gasteiger partial charge in [0.05, 0.1) is 24.3 Å². The molecule has 0 saturated heterocycles. The maximum Gasteiger partial charge on any atom is 0.305 e. The summed E-state index contributed by atoms with van der Waals surface area (Å²) in [5.74, 6) is 0.336. The minimum absolute atomic E-state index is 0.110. The third-order valence-corrected chi connectivity index (χ3v) is 5.20. The van der Waals surface area contributed by atoms with Gasteiger partial charge in [0, 0.05) is 24.1 Å². The number of hydrogen-bond donors (Lipinski definition) is 2. The molecule has 3 aromatic rings. The van der Waals surface area contributed by atoms with E-state index in [0.717, 1.165) is 61.2 Å². The molecule has 1 aromatic heterocycles. The largest absolute Gasteiger partial charge is 0.508 e. The molecule has 0 unspecified atom stereocenters. The Morgan fingerprint density at radius 2 is 1.45 bits per heavy atom. The molecule has 3 rings (SSSR count). The Labute approximate surface area is 183 Å². The third kappa shape index (κ3) is 6.35. The molecule has 0 saturated carbocycles. The number of ether oxygens (including phenoxy) is 1. The van der Waals surface area contributed by atoms with Crippen molar-refractivity contribution in [2.45, 2.75) is 52.0 Å². The first-order chi connectivity index (χ1) is 15.1. The van der Waals surface area contributed by atoms with Gasteiger partial charge in [-0.1, -0.05) is 19.3 Å². The SMILES string of the molecule is CCOC(=O)CCCCCCCn1cnc(-c2ccc(O)cc2)c1-c1ccc(O)cc1. The van der Waals surface area contributed by atoms with Crippen molar-refractivity contribution in [2.75, 3.05) is 6.61 Å². The van der Waals surface area contributed by atoms with Crippen molar-refractivity contribution in [2.24, 2.45) is 0 Å². The van der Waals surface area contributed by atoms with Crippen molar-refractivity contribution in [1.29, 1.82) is 0 Å². The molecule has 2 N–H and O–H groups in total. The molecular weight excluding hydrogens is 392 g/mol. The highest BCUT2D eigenvalue weighted by atomic mass is 16.5. The Hall–Kier alpha value is -3.28. The van der Waals surface area contributed by atoms with Crippen molar-refractivity contribution in [3.63, 3.8) is 0 Å². The molecule has 6 heteroatoms. The molecule has 164 valence electrons. The highest BCUT2D eigenvalue weighted by Gasteiger charge is 2.15. The van der Waals surface area contributed by atoms with E-state index in [1.807, 2.05) is 37.5 Å². The first-order valence-corrected chi connectivity index (χ1v) is 10.9. The van der Waals surface area contributed by atoms with Gasteiger partial charge >= 0.3 is 5.97 Å². The van der Waals surface area contributed by atoms with Gasteiger partial charge in [0.15, 0.2) is 0 Å². The average Bonchev–Trinajstić information content (AvgIpc) is 3.18. The maximum absolute atomic E-state index is 11.4. The lowest BCUT2D eigenvalue weighted by Crippen LogP contribution is -2.03. The van der Waals surface area contributed by atoms with Gasteiger partial charge in [-0.15, -0.1) is 0 Å². The Morgan fingerprint density at radius 3 is 2.10 bits per heavy atom. The number of nitrogens with zero attached hydrogens (tertiary/aromatic N) is 2.